The van der Waals surface area contributed by atoms with Gasteiger partial charge in [0, 0.05) is 6.61 Å². The van der Waals surface area contributed by atoms with Crippen LogP contribution in [-0.2, 0) is 24.4 Å². The van der Waals surface area contributed by atoms with E-state index in [2.05, 4.69) is 4.74 Å². The smallest absolute Gasteiger partial charge is 0.458 e. The molecule has 4 aliphatic rings. The maximum Gasteiger partial charge on any atom is 0.465 e. The highest BCUT2D eigenvalue weighted by Crippen LogP contribution is 2.60. The number of carbonyl (C=O) groups excluding carboxylic acids is 1. The van der Waals surface area contributed by atoms with E-state index in [4.69, 9.17) is 9.29 Å². The van der Waals surface area contributed by atoms with Gasteiger partial charge in [-0.15, -0.1) is 0 Å². The fraction of sp³-hybridized carbons (Fsp3) is 0.933. The van der Waals surface area contributed by atoms with Crippen molar-refractivity contribution < 1.29 is 41.1 Å². The van der Waals surface area contributed by atoms with E-state index in [-0.39, 0.29) is 24.7 Å². The molecular weight excluding hydrogens is 362 g/mol. The molecular formula is C15H22F2O7S. The van der Waals surface area contributed by atoms with E-state index in [1.54, 1.807) is 0 Å². The van der Waals surface area contributed by atoms with Gasteiger partial charge in [0.2, 0.25) is 0 Å². The van der Waals surface area contributed by atoms with Crippen LogP contribution in [-0.4, -0.2) is 55.2 Å². The zero-order valence-corrected chi connectivity index (χ0v) is 14.4. The van der Waals surface area contributed by atoms with Crippen molar-refractivity contribution in [1.29, 1.82) is 0 Å². The summed E-state index contributed by atoms with van der Waals surface area (Å²) in [6, 6.07) is 0. The van der Waals surface area contributed by atoms with Crippen LogP contribution in [0.1, 0.15) is 32.1 Å². The van der Waals surface area contributed by atoms with Crippen molar-refractivity contribution in [2.24, 2.45) is 23.2 Å². The minimum atomic E-state index is -5.86. The number of aliphatic hydroxyl groups is 1. The zero-order chi connectivity index (χ0) is 18.5. The number of hydrogen-bond donors (Lipinski definition) is 2. The average Bonchev–Trinajstić information content (AvgIpc) is 2.51. The van der Waals surface area contributed by atoms with E-state index < -0.39 is 27.9 Å². The molecule has 4 fully saturated rings. The number of halogens is 2. The molecule has 0 aromatic heterocycles. The molecule has 0 aromatic rings. The van der Waals surface area contributed by atoms with E-state index in [9.17, 15) is 27.1 Å². The van der Waals surface area contributed by atoms with Crippen LogP contribution in [0.25, 0.3) is 0 Å². The lowest BCUT2D eigenvalue weighted by Crippen LogP contribution is -2.55. The minimum Gasteiger partial charge on any atom is -0.458 e. The molecule has 2 unspecified atom stereocenters. The van der Waals surface area contributed by atoms with Gasteiger partial charge in [0.25, 0.3) is 0 Å². The predicted octanol–water partition coefficient (Wildman–Crippen LogP) is 1.21. The van der Waals surface area contributed by atoms with Crippen molar-refractivity contribution in [3.8, 4) is 0 Å². The second kappa shape index (κ2) is 6.40. The molecule has 10 heteroatoms. The lowest BCUT2D eigenvalue weighted by Gasteiger charge is -2.59. The third-order valence-corrected chi connectivity index (χ3v) is 6.65. The Kier molecular flexibility index (Phi) is 4.85. The maximum atomic E-state index is 13.0. The Morgan fingerprint density at radius 3 is 2.28 bits per heavy atom. The normalized spacial score (nSPS) is 37.3. The number of ether oxygens (including phenoxy) is 2. The summed E-state index contributed by atoms with van der Waals surface area (Å²) in [5.74, 6) is -1.12. The molecule has 4 bridgehead atoms. The number of aliphatic hydroxyl groups excluding tert-OH is 1. The summed E-state index contributed by atoms with van der Waals surface area (Å²) in [6.07, 6.45) is 4.78. The highest BCUT2D eigenvalue weighted by Gasteiger charge is 2.56. The zero-order valence-electron chi connectivity index (χ0n) is 13.6. The topological polar surface area (TPSA) is 110 Å². The molecule has 2 atom stereocenters. The third-order valence-electron chi connectivity index (χ3n) is 5.84. The molecule has 0 aliphatic heterocycles. The predicted molar refractivity (Wildman–Crippen MR) is 80.3 cm³/mol. The minimum absolute atomic E-state index is 0.0135. The van der Waals surface area contributed by atoms with Gasteiger partial charge >= 0.3 is 21.3 Å². The molecule has 0 amide bonds. The number of esters is 1. The van der Waals surface area contributed by atoms with Crippen molar-refractivity contribution >= 4 is 16.1 Å². The first-order valence-electron chi connectivity index (χ1n) is 8.32. The van der Waals surface area contributed by atoms with E-state index in [0.29, 0.717) is 17.8 Å². The van der Waals surface area contributed by atoms with Gasteiger partial charge in [-0.25, -0.2) is 4.79 Å². The van der Waals surface area contributed by atoms with Crippen molar-refractivity contribution in [3.05, 3.63) is 0 Å². The van der Waals surface area contributed by atoms with Crippen LogP contribution >= 0.6 is 0 Å². The Bertz CT molecular complexity index is 620. The SMILES string of the molecule is O=C(OCCOC1C2CC3CC1CC(CO)(C3)C2)C(F)(F)S(=O)(=O)O. The van der Waals surface area contributed by atoms with Crippen LogP contribution in [0.5, 0.6) is 0 Å². The highest BCUT2D eigenvalue weighted by atomic mass is 32.2. The van der Waals surface area contributed by atoms with Gasteiger partial charge in [0.05, 0.1) is 12.7 Å². The Morgan fingerprint density at radius 2 is 1.76 bits per heavy atom. The van der Waals surface area contributed by atoms with Crippen molar-refractivity contribution in [3.63, 3.8) is 0 Å². The van der Waals surface area contributed by atoms with Crippen LogP contribution in [0.3, 0.4) is 0 Å². The van der Waals surface area contributed by atoms with E-state index >= 15 is 0 Å². The first kappa shape index (κ1) is 18.9. The molecule has 4 saturated carbocycles. The van der Waals surface area contributed by atoms with Crippen LogP contribution in [0.15, 0.2) is 0 Å². The fourth-order valence-electron chi connectivity index (χ4n) is 5.12. The molecule has 4 aliphatic carbocycles. The van der Waals surface area contributed by atoms with Gasteiger partial charge in [-0.1, -0.05) is 0 Å². The average molecular weight is 384 g/mol. The molecule has 0 aromatic carbocycles. The molecule has 0 spiro atoms. The summed E-state index contributed by atoms with van der Waals surface area (Å²) in [7, 11) is -5.86. The molecule has 7 nitrogen and oxygen atoms in total. The number of rotatable bonds is 7. The maximum absolute atomic E-state index is 13.0. The van der Waals surface area contributed by atoms with Gasteiger partial charge in [-0.3, -0.25) is 4.55 Å². The van der Waals surface area contributed by atoms with E-state index in [1.165, 1.54) is 0 Å². The Hall–Kier alpha value is -0.840. The number of hydrogen-bond acceptors (Lipinski definition) is 6. The monoisotopic (exact) mass is 384 g/mol. The summed E-state index contributed by atoms with van der Waals surface area (Å²) in [6.45, 7) is -0.470. The lowest BCUT2D eigenvalue weighted by atomic mass is 9.49. The third kappa shape index (κ3) is 3.41. The van der Waals surface area contributed by atoms with Crippen molar-refractivity contribution in [1.82, 2.24) is 0 Å². The molecule has 0 heterocycles. The Balaban J connectivity index is 1.49. The van der Waals surface area contributed by atoms with E-state index in [0.717, 1.165) is 32.1 Å². The second-order valence-electron chi connectivity index (χ2n) is 7.59. The molecule has 4 rings (SSSR count). The largest absolute Gasteiger partial charge is 0.465 e. The fourth-order valence-corrected chi connectivity index (χ4v) is 5.39. The first-order chi connectivity index (χ1) is 11.6. The Morgan fingerprint density at radius 1 is 1.16 bits per heavy atom. The summed E-state index contributed by atoms with van der Waals surface area (Å²) < 4.78 is 65.3. The standard InChI is InChI=1S/C15H22F2O7S/c16-15(17,25(20,21)22)13(19)24-2-1-23-12-10-3-9-4-11(12)7-14(5-9,6-10)8-18/h9-12,18H,1-8H2,(H,20,21,22). The van der Waals surface area contributed by atoms with Crippen LogP contribution in [0.2, 0.25) is 0 Å². The Labute approximate surface area is 144 Å². The van der Waals surface area contributed by atoms with Gasteiger partial charge in [-0.2, -0.15) is 17.2 Å². The van der Waals surface area contributed by atoms with E-state index in [1.807, 2.05) is 0 Å². The summed E-state index contributed by atoms with van der Waals surface area (Å²) in [5, 5.41) is 4.71. The van der Waals surface area contributed by atoms with Gasteiger partial charge in [0.15, 0.2) is 0 Å². The number of alkyl halides is 2. The molecule has 25 heavy (non-hydrogen) atoms. The molecule has 2 N–H and O–H groups in total. The summed E-state index contributed by atoms with van der Waals surface area (Å²) >= 11 is 0. The highest BCUT2D eigenvalue weighted by molar-refractivity contribution is 7.87. The second-order valence-corrected chi connectivity index (χ2v) is 9.05. The van der Waals surface area contributed by atoms with Crippen LogP contribution in [0.4, 0.5) is 8.78 Å². The molecule has 0 radical (unpaired) electrons. The molecule has 144 valence electrons. The lowest BCUT2D eigenvalue weighted by molar-refractivity contribution is -0.180. The van der Waals surface area contributed by atoms with Crippen LogP contribution in [0, 0.1) is 23.2 Å². The van der Waals surface area contributed by atoms with Gasteiger partial charge < -0.3 is 14.6 Å². The van der Waals surface area contributed by atoms with Crippen LogP contribution < -0.4 is 0 Å². The number of carbonyl (C=O) groups is 1. The van der Waals surface area contributed by atoms with Crippen molar-refractivity contribution in [2.45, 2.75) is 43.5 Å². The van der Waals surface area contributed by atoms with Gasteiger partial charge in [0.1, 0.15) is 6.61 Å². The summed E-state index contributed by atoms with van der Waals surface area (Å²) in [5.41, 5.74) is -0.0135. The van der Waals surface area contributed by atoms with Gasteiger partial charge in [-0.05, 0) is 55.3 Å². The van der Waals surface area contributed by atoms with Crippen molar-refractivity contribution in [2.75, 3.05) is 19.8 Å². The summed E-state index contributed by atoms with van der Waals surface area (Å²) in [4.78, 5) is 11.1. The first-order valence-corrected chi connectivity index (χ1v) is 9.76. The quantitative estimate of drug-likeness (QED) is 0.386. The molecule has 0 saturated heterocycles.